The molecule has 1 aromatic carbocycles. The summed E-state index contributed by atoms with van der Waals surface area (Å²) in [6.45, 7) is 5.70. The number of aryl methyl sites for hydroxylation is 1. The second-order valence-corrected chi connectivity index (χ2v) is 4.19. The topological polar surface area (TPSA) is 46.2 Å². The molecule has 1 unspecified atom stereocenters. The van der Waals surface area contributed by atoms with Gasteiger partial charge in [0.1, 0.15) is 5.75 Å². The van der Waals surface area contributed by atoms with Crippen LogP contribution in [0.25, 0.3) is 0 Å². The van der Waals surface area contributed by atoms with Gasteiger partial charge in [-0.2, -0.15) is 0 Å². The first kappa shape index (κ1) is 11.3. The lowest BCUT2D eigenvalue weighted by atomic mass is 9.99. The molecule has 1 atom stereocenters. The Labute approximate surface area is 89.7 Å². The smallest absolute Gasteiger partial charge is 0.119 e. The van der Waals surface area contributed by atoms with Gasteiger partial charge in [0.25, 0.3) is 0 Å². The van der Waals surface area contributed by atoms with Crippen LogP contribution in [-0.2, 0) is 6.42 Å². The number of halogens is 1. The Morgan fingerprint density at radius 3 is 2.57 bits per heavy atom. The van der Waals surface area contributed by atoms with Crippen molar-refractivity contribution in [1.82, 2.24) is 0 Å². The zero-order valence-electron chi connectivity index (χ0n) is 8.76. The molecule has 0 saturated carbocycles. The van der Waals surface area contributed by atoms with Crippen LogP contribution in [0, 0.1) is 13.8 Å². The maximum absolute atomic E-state index is 9.73. The van der Waals surface area contributed by atoms with E-state index in [-0.39, 0.29) is 6.04 Å². The fourth-order valence-electron chi connectivity index (χ4n) is 1.56. The van der Waals surface area contributed by atoms with Gasteiger partial charge in [0.05, 0.1) is 0 Å². The summed E-state index contributed by atoms with van der Waals surface area (Å²) in [5, 5.41) is 10.5. The number of phenolic OH excluding ortho intramolecular Hbond substituents is 1. The summed E-state index contributed by atoms with van der Waals surface area (Å²) >= 11 is 6.09. The number of phenols is 1. The molecule has 0 heterocycles. The molecule has 0 aliphatic rings. The lowest BCUT2D eigenvalue weighted by Gasteiger charge is -2.14. The van der Waals surface area contributed by atoms with Crippen LogP contribution in [0.5, 0.6) is 5.75 Å². The van der Waals surface area contributed by atoms with E-state index in [1.807, 2.05) is 20.8 Å². The number of benzene rings is 1. The molecule has 3 heteroatoms. The molecule has 3 N–H and O–H groups in total. The molecule has 0 aromatic heterocycles. The Hall–Kier alpha value is -0.730. The highest BCUT2D eigenvalue weighted by Crippen LogP contribution is 2.31. The van der Waals surface area contributed by atoms with Gasteiger partial charge in [0, 0.05) is 11.1 Å². The fraction of sp³-hybridized carbons (Fsp3) is 0.455. The average Bonchev–Trinajstić information content (AvgIpc) is 2.09. The van der Waals surface area contributed by atoms with Gasteiger partial charge in [0.2, 0.25) is 0 Å². The summed E-state index contributed by atoms with van der Waals surface area (Å²) in [5.74, 6) is 0.293. The Bertz CT molecular complexity index is 348. The Morgan fingerprint density at radius 2 is 2.07 bits per heavy atom. The average molecular weight is 214 g/mol. The predicted octanol–water partition coefficient (Wildman–Crippen LogP) is 2.55. The van der Waals surface area contributed by atoms with Gasteiger partial charge in [-0.1, -0.05) is 11.6 Å². The minimum Gasteiger partial charge on any atom is -0.508 e. The Kier molecular flexibility index (Phi) is 3.40. The molecule has 1 aromatic rings. The number of nitrogens with two attached hydrogens (primary N) is 1. The molecule has 0 fully saturated rings. The highest BCUT2D eigenvalue weighted by atomic mass is 35.5. The maximum atomic E-state index is 9.73. The minimum atomic E-state index is 0.0263. The van der Waals surface area contributed by atoms with Crippen molar-refractivity contribution in [2.24, 2.45) is 5.73 Å². The molecule has 0 amide bonds. The van der Waals surface area contributed by atoms with E-state index in [4.69, 9.17) is 17.3 Å². The van der Waals surface area contributed by atoms with Crippen LogP contribution < -0.4 is 5.73 Å². The van der Waals surface area contributed by atoms with Gasteiger partial charge >= 0.3 is 0 Å². The van der Waals surface area contributed by atoms with Crippen molar-refractivity contribution in [3.63, 3.8) is 0 Å². The fourth-order valence-corrected chi connectivity index (χ4v) is 1.72. The third-order valence-electron chi connectivity index (χ3n) is 2.32. The molecular weight excluding hydrogens is 198 g/mol. The molecule has 0 aliphatic carbocycles. The first-order valence-electron chi connectivity index (χ1n) is 4.66. The second kappa shape index (κ2) is 4.20. The monoisotopic (exact) mass is 213 g/mol. The number of aromatic hydroxyl groups is 1. The van der Waals surface area contributed by atoms with E-state index in [0.717, 1.165) is 21.7 Å². The van der Waals surface area contributed by atoms with Crippen LogP contribution >= 0.6 is 11.6 Å². The second-order valence-electron chi connectivity index (χ2n) is 3.81. The van der Waals surface area contributed by atoms with Crippen LogP contribution in [0.2, 0.25) is 5.02 Å². The van der Waals surface area contributed by atoms with Crippen molar-refractivity contribution in [2.45, 2.75) is 33.2 Å². The highest BCUT2D eigenvalue weighted by Gasteiger charge is 2.12. The number of hydrogen-bond donors (Lipinski definition) is 2. The standard InChI is InChI=1S/C11H16ClNO/c1-6-4-10(14)9(5-7(2)13)8(3)11(6)12/h4,7,14H,5,13H2,1-3H3. The van der Waals surface area contributed by atoms with Gasteiger partial charge in [-0.15, -0.1) is 0 Å². The molecule has 0 aliphatic heterocycles. The zero-order valence-corrected chi connectivity index (χ0v) is 9.52. The maximum Gasteiger partial charge on any atom is 0.119 e. The number of rotatable bonds is 2. The Morgan fingerprint density at radius 1 is 1.50 bits per heavy atom. The van der Waals surface area contributed by atoms with Gasteiger partial charge in [0.15, 0.2) is 0 Å². The van der Waals surface area contributed by atoms with E-state index in [2.05, 4.69) is 0 Å². The van der Waals surface area contributed by atoms with Crippen LogP contribution in [0.3, 0.4) is 0 Å². The SMILES string of the molecule is Cc1cc(O)c(CC(C)N)c(C)c1Cl. The lowest BCUT2D eigenvalue weighted by Crippen LogP contribution is -2.18. The van der Waals surface area contributed by atoms with E-state index in [1.165, 1.54) is 0 Å². The van der Waals surface area contributed by atoms with Gasteiger partial charge < -0.3 is 10.8 Å². The van der Waals surface area contributed by atoms with E-state index in [1.54, 1.807) is 6.07 Å². The van der Waals surface area contributed by atoms with Crippen LogP contribution in [0.1, 0.15) is 23.6 Å². The molecule has 0 saturated heterocycles. The molecule has 1 rings (SSSR count). The summed E-state index contributed by atoms with van der Waals surface area (Å²) in [6, 6.07) is 1.71. The van der Waals surface area contributed by atoms with E-state index in [9.17, 15) is 5.11 Å². The quantitative estimate of drug-likeness (QED) is 0.793. The van der Waals surface area contributed by atoms with E-state index in [0.29, 0.717) is 12.2 Å². The summed E-state index contributed by atoms with van der Waals surface area (Å²) in [4.78, 5) is 0. The minimum absolute atomic E-state index is 0.0263. The molecule has 78 valence electrons. The molecule has 0 radical (unpaired) electrons. The van der Waals surface area contributed by atoms with Crippen molar-refractivity contribution in [2.75, 3.05) is 0 Å². The van der Waals surface area contributed by atoms with Gasteiger partial charge in [-0.05, 0) is 49.9 Å². The van der Waals surface area contributed by atoms with E-state index >= 15 is 0 Å². The Balaban J connectivity index is 3.22. The first-order valence-corrected chi connectivity index (χ1v) is 5.04. The number of hydrogen-bond acceptors (Lipinski definition) is 2. The lowest BCUT2D eigenvalue weighted by molar-refractivity contribution is 0.464. The zero-order chi connectivity index (χ0) is 10.9. The molecular formula is C11H16ClNO. The molecule has 0 spiro atoms. The van der Waals surface area contributed by atoms with Crippen LogP contribution in [0.15, 0.2) is 6.07 Å². The third-order valence-corrected chi connectivity index (χ3v) is 2.90. The van der Waals surface area contributed by atoms with Crippen molar-refractivity contribution in [3.8, 4) is 5.75 Å². The third kappa shape index (κ3) is 2.20. The van der Waals surface area contributed by atoms with Gasteiger partial charge in [-0.25, -0.2) is 0 Å². The first-order chi connectivity index (χ1) is 6.43. The van der Waals surface area contributed by atoms with Crippen molar-refractivity contribution in [1.29, 1.82) is 0 Å². The normalized spacial score (nSPS) is 12.9. The summed E-state index contributed by atoms with van der Waals surface area (Å²) in [6.07, 6.45) is 0.650. The van der Waals surface area contributed by atoms with Crippen molar-refractivity contribution in [3.05, 3.63) is 27.8 Å². The summed E-state index contributed by atoms with van der Waals surface area (Å²) < 4.78 is 0. The summed E-state index contributed by atoms with van der Waals surface area (Å²) in [5.41, 5.74) is 8.38. The molecule has 0 bridgehead atoms. The largest absolute Gasteiger partial charge is 0.508 e. The van der Waals surface area contributed by atoms with Crippen LogP contribution in [0.4, 0.5) is 0 Å². The predicted molar refractivity (Wildman–Crippen MR) is 59.9 cm³/mol. The van der Waals surface area contributed by atoms with Crippen LogP contribution in [-0.4, -0.2) is 11.1 Å². The summed E-state index contributed by atoms with van der Waals surface area (Å²) in [7, 11) is 0. The molecule has 14 heavy (non-hydrogen) atoms. The van der Waals surface area contributed by atoms with E-state index < -0.39 is 0 Å². The van der Waals surface area contributed by atoms with Crippen molar-refractivity contribution >= 4 is 11.6 Å². The van der Waals surface area contributed by atoms with Gasteiger partial charge in [-0.3, -0.25) is 0 Å². The van der Waals surface area contributed by atoms with Crippen molar-refractivity contribution < 1.29 is 5.11 Å². The molecule has 2 nitrogen and oxygen atoms in total. The highest BCUT2D eigenvalue weighted by molar-refractivity contribution is 6.32.